The van der Waals surface area contributed by atoms with Gasteiger partial charge < -0.3 is 22.0 Å². The maximum absolute atomic E-state index is 7.38. The number of benzene rings is 4. The van der Waals surface area contributed by atoms with Gasteiger partial charge in [0.2, 0.25) is 5.72 Å². The number of rotatable bonds is 3. The zero-order chi connectivity index (χ0) is 25.7. The van der Waals surface area contributed by atoms with Crippen LogP contribution in [-0.2, 0) is 4.74 Å². The molecule has 0 amide bonds. The third kappa shape index (κ3) is 4.29. The molecule has 3 atom stereocenters. The van der Waals surface area contributed by atoms with E-state index < -0.39 is 0 Å². The molecule has 2 nitrogen and oxygen atoms in total. The second-order valence-electron chi connectivity index (χ2n) is 11.8. The van der Waals surface area contributed by atoms with E-state index in [4.69, 9.17) is 4.74 Å². The topological polar surface area (TPSA) is 13.7 Å². The minimum atomic E-state index is -0.187. The van der Waals surface area contributed by atoms with E-state index in [2.05, 4.69) is 105 Å². The van der Waals surface area contributed by atoms with Crippen LogP contribution < -0.4 is 17.3 Å². The fourth-order valence-corrected chi connectivity index (χ4v) is 7.84. The van der Waals surface area contributed by atoms with E-state index in [0.717, 1.165) is 19.3 Å². The zero-order valence-corrected chi connectivity index (χ0v) is 23.8. The first-order valence-corrected chi connectivity index (χ1v) is 14.5. The van der Waals surface area contributed by atoms with Crippen LogP contribution in [0.3, 0.4) is 0 Å². The average molecular weight is 536 g/mol. The first kappa shape index (κ1) is 26.2. The Morgan fingerprint density at radius 3 is 2.26 bits per heavy atom. The molecule has 2 aliphatic carbocycles. The Morgan fingerprint density at radius 1 is 0.769 bits per heavy atom. The SMILES string of the molecule is C[NH+](C)[C@]12CCCC[C@H]1[C@H](c1cccc3ccccc13)C1=C(O2)/C(=C/c2cccc3ccccc23)CCC1.[Cl-]. The molecule has 1 fully saturated rings. The quantitative estimate of drug-likeness (QED) is 0.403. The van der Waals surface area contributed by atoms with Crippen molar-refractivity contribution in [3.8, 4) is 0 Å². The molecule has 0 bridgehead atoms. The maximum atomic E-state index is 7.38. The standard InChI is InChI=1S/C36H37NO.ClH/c1-37(2)36-23-8-7-22-33(36)34(31-20-10-15-26-13-4-6-19-30(26)31)32-21-11-17-28(35(32)38-36)24-27-16-9-14-25-12-3-5-18-29(25)27;/h3-6,9-10,12-16,18-20,24,33-34H,7-8,11,17,21-23H2,1-2H3;1H/b28-24+;/t33-,34+,36-;/m0./s1. The molecular weight excluding hydrogens is 498 g/mol. The highest BCUT2D eigenvalue weighted by Gasteiger charge is 2.57. The predicted molar refractivity (Wildman–Crippen MR) is 158 cm³/mol. The number of fused-ring (bicyclic) bond motifs is 3. The smallest absolute Gasteiger partial charge is 0.245 e. The van der Waals surface area contributed by atoms with Crippen LogP contribution in [0.15, 0.2) is 102 Å². The summed E-state index contributed by atoms with van der Waals surface area (Å²) in [5.41, 5.74) is 5.55. The van der Waals surface area contributed by atoms with Gasteiger partial charge in [-0.1, -0.05) is 91.3 Å². The second-order valence-corrected chi connectivity index (χ2v) is 11.8. The monoisotopic (exact) mass is 535 g/mol. The Balaban J connectivity index is 0.00000277. The molecule has 1 aliphatic heterocycles. The summed E-state index contributed by atoms with van der Waals surface area (Å²) in [5.74, 6) is 2.10. The molecule has 1 N–H and O–H groups in total. The molecule has 1 heterocycles. The molecule has 4 aromatic carbocycles. The van der Waals surface area contributed by atoms with Crippen molar-refractivity contribution in [1.29, 1.82) is 0 Å². The fourth-order valence-electron chi connectivity index (χ4n) is 7.84. The summed E-state index contributed by atoms with van der Waals surface area (Å²) in [4.78, 5) is 1.44. The van der Waals surface area contributed by atoms with Gasteiger partial charge in [0.1, 0.15) is 5.76 Å². The van der Waals surface area contributed by atoms with Gasteiger partial charge in [-0.15, -0.1) is 0 Å². The van der Waals surface area contributed by atoms with Gasteiger partial charge in [-0.3, -0.25) is 0 Å². The van der Waals surface area contributed by atoms with Gasteiger partial charge in [0.05, 0.1) is 20.0 Å². The summed E-state index contributed by atoms with van der Waals surface area (Å²) in [7, 11) is 4.64. The number of halogens is 1. The molecule has 1 saturated carbocycles. The number of quaternary nitrogens is 1. The van der Waals surface area contributed by atoms with Crippen LogP contribution >= 0.6 is 0 Å². The Labute approximate surface area is 238 Å². The molecule has 0 radical (unpaired) electrons. The second kappa shape index (κ2) is 10.5. The van der Waals surface area contributed by atoms with E-state index in [-0.39, 0.29) is 18.1 Å². The molecule has 39 heavy (non-hydrogen) atoms. The maximum Gasteiger partial charge on any atom is 0.245 e. The van der Waals surface area contributed by atoms with Crippen molar-refractivity contribution in [1.82, 2.24) is 0 Å². The summed E-state index contributed by atoms with van der Waals surface area (Å²) in [6.07, 6.45) is 10.7. The molecule has 3 heteroatoms. The van der Waals surface area contributed by atoms with Crippen molar-refractivity contribution < 1.29 is 22.0 Å². The Morgan fingerprint density at radius 2 is 1.46 bits per heavy atom. The van der Waals surface area contributed by atoms with Crippen LogP contribution in [0, 0.1) is 5.92 Å². The lowest BCUT2D eigenvalue weighted by atomic mass is 9.63. The molecule has 3 aliphatic rings. The van der Waals surface area contributed by atoms with Gasteiger partial charge in [0.25, 0.3) is 0 Å². The van der Waals surface area contributed by atoms with Crippen molar-refractivity contribution in [2.75, 3.05) is 14.1 Å². The van der Waals surface area contributed by atoms with Crippen LogP contribution in [0.25, 0.3) is 27.6 Å². The highest BCUT2D eigenvalue weighted by Crippen LogP contribution is 2.55. The lowest BCUT2D eigenvalue weighted by Gasteiger charge is -2.53. The zero-order valence-electron chi connectivity index (χ0n) is 23.1. The lowest BCUT2D eigenvalue weighted by Crippen LogP contribution is -3.17. The van der Waals surface area contributed by atoms with E-state index in [9.17, 15) is 0 Å². The number of nitrogens with one attached hydrogen (secondary N) is 1. The first-order chi connectivity index (χ1) is 18.7. The van der Waals surface area contributed by atoms with E-state index in [0.29, 0.717) is 11.8 Å². The molecule has 0 spiro atoms. The molecule has 0 unspecified atom stereocenters. The van der Waals surface area contributed by atoms with E-state index in [1.54, 1.807) is 5.57 Å². The van der Waals surface area contributed by atoms with Crippen LogP contribution in [0.1, 0.15) is 62.0 Å². The van der Waals surface area contributed by atoms with Gasteiger partial charge in [0, 0.05) is 12.3 Å². The molecule has 4 aromatic rings. The van der Waals surface area contributed by atoms with Crippen molar-refractivity contribution in [3.63, 3.8) is 0 Å². The van der Waals surface area contributed by atoms with Gasteiger partial charge in [0.15, 0.2) is 0 Å². The Hall–Kier alpha value is -3.07. The van der Waals surface area contributed by atoms with E-state index >= 15 is 0 Å². The van der Waals surface area contributed by atoms with Crippen molar-refractivity contribution in [2.45, 2.75) is 56.6 Å². The van der Waals surface area contributed by atoms with Crippen LogP contribution in [0.5, 0.6) is 0 Å². The van der Waals surface area contributed by atoms with Gasteiger partial charge in [-0.2, -0.15) is 0 Å². The van der Waals surface area contributed by atoms with Gasteiger partial charge >= 0.3 is 0 Å². The van der Waals surface area contributed by atoms with Crippen molar-refractivity contribution in [3.05, 3.63) is 113 Å². The lowest BCUT2D eigenvalue weighted by molar-refractivity contribution is -0.951. The summed E-state index contributed by atoms with van der Waals surface area (Å²) >= 11 is 0. The molecule has 7 rings (SSSR count). The number of hydrogen-bond acceptors (Lipinski definition) is 1. The Kier molecular flexibility index (Phi) is 7.04. The summed E-state index contributed by atoms with van der Waals surface area (Å²) < 4.78 is 7.38. The third-order valence-corrected chi connectivity index (χ3v) is 9.61. The number of allylic oxidation sites excluding steroid dienone is 2. The minimum absolute atomic E-state index is 0. The number of ether oxygens (including phenoxy) is 1. The highest BCUT2D eigenvalue weighted by molar-refractivity contribution is 5.91. The molecular formula is C36H38ClNO. The Bertz CT molecular complexity index is 1570. The van der Waals surface area contributed by atoms with Crippen LogP contribution in [0.4, 0.5) is 0 Å². The largest absolute Gasteiger partial charge is 1.00 e. The van der Waals surface area contributed by atoms with Crippen molar-refractivity contribution in [2.24, 2.45) is 5.92 Å². The highest BCUT2D eigenvalue weighted by atomic mass is 35.5. The van der Waals surface area contributed by atoms with Gasteiger partial charge in [-0.25, -0.2) is 0 Å². The number of hydrogen-bond donors (Lipinski definition) is 1. The van der Waals surface area contributed by atoms with Crippen LogP contribution in [-0.4, -0.2) is 19.8 Å². The minimum Gasteiger partial charge on any atom is -1.00 e. The van der Waals surface area contributed by atoms with Crippen molar-refractivity contribution >= 4 is 27.6 Å². The fraction of sp³-hybridized carbons (Fsp3) is 0.333. The summed E-state index contributed by atoms with van der Waals surface area (Å²) in [6, 6.07) is 31.4. The average Bonchev–Trinajstić information content (AvgIpc) is 2.96. The predicted octanol–water partition coefficient (Wildman–Crippen LogP) is 4.66. The molecule has 200 valence electrons. The normalized spacial score (nSPS) is 25.8. The molecule has 0 saturated heterocycles. The first-order valence-electron chi connectivity index (χ1n) is 14.5. The van der Waals surface area contributed by atoms with E-state index in [1.165, 1.54) is 74.6 Å². The van der Waals surface area contributed by atoms with E-state index in [1.807, 2.05) is 0 Å². The third-order valence-electron chi connectivity index (χ3n) is 9.61. The summed E-state index contributed by atoms with van der Waals surface area (Å²) in [6.45, 7) is 0. The van der Waals surface area contributed by atoms with Gasteiger partial charge in [-0.05, 0) is 82.0 Å². The molecule has 0 aromatic heterocycles. The summed E-state index contributed by atoms with van der Waals surface area (Å²) in [5, 5.41) is 5.37. The van der Waals surface area contributed by atoms with Crippen LogP contribution in [0.2, 0.25) is 0 Å².